The van der Waals surface area contributed by atoms with E-state index in [-0.39, 0.29) is 25.1 Å². The van der Waals surface area contributed by atoms with Crippen LogP contribution in [0.4, 0.5) is 8.78 Å². The molecule has 1 aromatic carbocycles. The van der Waals surface area contributed by atoms with Gasteiger partial charge in [-0.05, 0) is 38.2 Å². The maximum absolute atomic E-state index is 13.9. The van der Waals surface area contributed by atoms with Crippen LogP contribution in [0, 0.1) is 5.82 Å². The van der Waals surface area contributed by atoms with E-state index in [9.17, 15) is 28.0 Å². The van der Waals surface area contributed by atoms with Gasteiger partial charge in [0.25, 0.3) is 0 Å². The van der Waals surface area contributed by atoms with Crippen LogP contribution in [0.1, 0.15) is 49.8 Å². The van der Waals surface area contributed by atoms with Gasteiger partial charge in [0.2, 0.25) is 5.82 Å². The van der Waals surface area contributed by atoms with Crippen molar-refractivity contribution in [2.75, 3.05) is 13.2 Å². The van der Waals surface area contributed by atoms with Crippen molar-refractivity contribution >= 4 is 11.9 Å². The second kappa shape index (κ2) is 11.1. The normalized spacial score (nSPS) is 23.6. The van der Waals surface area contributed by atoms with Gasteiger partial charge in [-0.1, -0.05) is 18.2 Å². The Balaban J connectivity index is 1.20. The molecule has 4 heterocycles. The molecule has 0 saturated carbocycles. The lowest BCUT2D eigenvalue weighted by atomic mass is 9.99. The second-order valence-corrected chi connectivity index (χ2v) is 9.64. The molecule has 3 aliphatic rings. The van der Waals surface area contributed by atoms with Crippen LogP contribution in [0.5, 0.6) is 0 Å². The van der Waals surface area contributed by atoms with Crippen LogP contribution in [-0.2, 0) is 43.5 Å². The summed E-state index contributed by atoms with van der Waals surface area (Å²) in [5.41, 5.74) is -1.18. The zero-order chi connectivity index (χ0) is 26.8. The van der Waals surface area contributed by atoms with Gasteiger partial charge in [-0.15, -0.1) is 0 Å². The fourth-order valence-electron chi connectivity index (χ4n) is 5.59. The fourth-order valence-corrected chi connectivity index (χ4v) is 5.59. The highest BCUT2D eigenvalue weighted by molar-refractivity contribution is 6.30. The summed E-state index contributed by atoms with van der Waals surface area (Å²) in [5, 5.41) is 0. The van der Waals surface area contributed by atoms with Crippen LogP contribution in [0.25, 0.3) is 0 Å². The summed E-state index contributed by atoms with van der Waals surface area (Å²) in [6, 6.07) is 7.17. The predicted octanol–water partition coefficient (Wildman–Crippen LogP) is 1.21. The highest BCUT2D eigenvalue weighted by Crippen LogP contribution is 2.37. The summed E-state index contributed by atoms with van der Waals surface area (Å²) < 4.78 is 44.3. The zero-order valence-electron chi connectivity index (χ0n) is 20.6. The lowest BCUT2D eigenvalue weighted by Crippen LogP contribution is -2.47. The lowest BCUT2D eigenvalue weighted by molar-refractivity contribution is -0.150. The Bertz CT molecular complexity index is 1300. The van der Waals surface area contributed by atoms with E-state index in [1.807, 2.05) is 0 Å². The minimum absolute atomic E-state index is 0.0365. The number of rotatable bonds is 10. The van der Waals surface area contributed by atoms with E-state index in [2.05, 4.69) is 9.88 Å². The van der Waals surface area contributed by atoms with E-state index in [0.29, 0.717) is 30.6 Å². The summed E-state index contributed by atoms with van der Waals surface area (Å²) in [5.74, 6) is -3.27. The third-order valence-electron chi connectivity index (χ3n) is 7.36. The Labute approximate surface area is 215 Å². The van der Waals surface area contributed by atoms with Gasteiger partial charge in [-0.25, -0.2) is 32.5 Å². The summed E-state index contributed by atoms with van der Waals surface area (Å²) in [4.78, 5) is 54.4. The number of piperidine rings is 1. The van der Waals surface area contributed by atoms with Crippen LogP contribution >= 0.6 is 0 Å². The van der Waals surface area contributed by atoms with Crippen LogP contribution in [0.2, 0.25) is 0 Å². The van der Waals surface area contributed by atoms with Gasteiger partial charge in [-0.2, -0.15) is 4.98 Å². The summed E-state index contributed by atoms with van der Waals surface area (Å²) in [6.07, 6.45) is 2.52. The van der Waals surface area contributed by atoms with Crippen LogP contribution in [-0.4, -0.2) is 62.4 Å². The molecule has 1 aromatic heterocycles. The smallest absolute Gasteiger partial charge is 0.409 e. The number of nitrogens with zero attached hydrogens (tertiary/aromatic N) is 4. The second-order valence-electron chi connectivity index (χ2n) is 9.64. The van der Waals surface area contributed by atoms with E-state index >= 15 is 0 Å². The van der Waals surface area contributed by atoms with Crippen molar-refractivity contribution in [2.45, 2.75) is 76.3 Å². The summed E-state index contributed by atoms with van der Waals surface area (Å²) in [7, 11) is 0. The number of carbonyl (C=O) groups is 2. The number of hydrogen-bond acceptors (Lipinski definition) is 9. The Morgan fingerprint density at radius 3 is 2.29 bits per heavy atom. The van der Waals surface area contributed by atoms with Gasteiger partial charge in [0, 0.05) is 30.7 Å². The van der Waals surface area contributed by atoms with Gasteiger partial charge < -0.3 is 14.2 Å². The number of esters is 2. The first-order valence-corrected chi connectivity index (χ1v) is 12.7. The molecule has 13 heteroatoms. The third kappa shape index (κ3) is 5.25. The highest BCUT2D eigenvalue weighted by atomic mass is 19.1. The molecule has 3 aliphatic heterocycles. The Morgan fingerprint density at radius 2 is 1.63 bits per heavy atom. The minimum Gasteiger partial charge on any atom is -0.409 e. The number of carbonyl (C=O) groups excluding carboxylic acids is 2. The molecule has 2 unspecified atom stereocenters. The number of benzene rings is 1. The molecule has 2 atom stereocenters. The molecule has 5 rings (SSSR count). The van der Waals surface area contributed by atoms with Crippen molar-refractivity contribution in [1.29, 1.82) is 0 Å². The molecule has 204 valence electrons. The molecule has 0 radical (unpaired) electrons. The van der Waals surface area contributed by atoms with E-state index in [1.54, 1.807) is 18.2 Å². The first kappa shape index (κ1) is 26.2. The van der Waals surface area contributed by atoms with Crippen molar-refractivity contribution in [3.8, 4) is 0 Å². The van der Waals surface area contributed by atoms with Gasteiger partial charge in [0.05, 0.1) is 19.3 Å². The number of ether oxygens (including phenoxy) is 3. The largest absolute Gasteiger partial charge is 0.421 e. The molecule has 3 fully saturated rings. The minimum atomic E-state index is -1.67. The van der Waals surface area contributed by atoms with E-state index in [4.69, 9.17) is 14.2 Å². The maximum atomic E-state index is 13.9. The standard InChI is InChI=1S/C25H28F2N4O7/c26-8-11-30-20(23-37-21(32)22(33)38-23)28-24(34)31(25(30)35)10-3-9-29-16-6-7-17(29)13-18(12-16)36-14-15-4-1-2-5-19(15)27/h1-2,4-5,16-18,23H,3,6-14H2. The first-order valence-electron chi connectivity index (χ1n) is 12.7. The molecule has 0 amide bonds. The quantitative estimate of drug-likeness (QED) is 0.327. The van der Waals surface area contributed by atoms with E-state index in [0.717, 1.165) is 34.8 Å². The molecular formula is C25H28F2N4O7. The monoisotopic (exact) mass is 534 g/mol. The van der Waals surface area contributed by atoms with Gasteiger partial charge in [0.1, 0.15) is 12.5 Å². The lowest BCUT2D eigenvalue weighted by Gasteiger charge is -2.39. The van der Waals surface area contributed by atoms with Crippen molar-refractivity contribution < 1.29 is 32.6 Å². The van der Waals surface area contributed by atoms with Gasteiger partial charge in [0.15, 0.2) is 0 Å². The first-order chi connectivity index (χ1) is 18.4. The van der Waals surface area contributed by atoms with E-state index < -0.39 is 48.7 Å². The molecule has 3 saturated heterocycles. The Kier molecular flexibility index (Phi) is 7.65. The average molecular weight is 535 g/mol. The summed E-state index contributed by atoms with van der Waals surface area (Å²) >= 11 is 0. The van der Waals surface area contributed by atoms with Crippen molar-refractivity contribution in [3.05, 3.63) is 62.4 Å². The number of hydrogen-bond donors (Lipinski definition) is 0. The van der Waals surface area contributed by atoms with Crippen molar-refractivity contribution in [1.82, 2.24) is 19.0 Å². The third-order valence-corrected chi connectivity index (χ3v) is 7.36. The van der Waals surface area contributed by atoms with Crippen molar-refractivity contribution in [3.63, 3.8) is 0 Å². The molecule has 0 spiro atoms. The number of alkyl halides is 1. The van der Waals surface area contributed by atoms with Crippen LogP contribution in [0.15, 0.2) is 33.9 Å². The van der Waals surface area contributed by atoms with Crippen LogP contribution < -0.4 is 11.4 Å². The number of cyclic esters (lactones) is 2. The topological polar surface area (TPSA) is 122 Å². The van der Waals surface area contributed by atoms with Crippen LogP contribution in [0.3, 0.4) is 0 Å². The molecule has 38 heavy (non-hydrogen) atoms. The molecular weight excluding hydrogens is 506 g/mol. The molecule has 11 nitrogen and oxygen atoms in total. The van der Waals surface area contributed by atoms with Gasteiger partial charge >= 0.3 is 29.6 Å². The van der Waals surface area contributed by atoms with Gasteiger partial charge in [-0.3, -0.25) is 9.47 Å². The van der Waals surface area contributed by atoms with Crippen molar-refractivity contribution in [2.24, 2.45) is 0 Å². The summed E-state index contributed by atoms with van der Waals surface area (Å²) in [6.45, 7) is -0.460. The molecule has 0 aliphatic carbocycles. The molecule has 0 N–H and O–H groups in total. The zero-order valence-corrected chi connectivity index (χ0v) is 20.6. The predicted molar refractivity (Wildman–Crippen MR) is 126 cm³/mol. The Morgan fingerprint density at radius 1 is 0.947 bits per heavy atom. The number of fused-ring (bicyclic) bond motifs is 2. The molecule has 2 aromatic rings. The average Bonchev–Trinajstić information content (AvgIpc) is 3.35. The fraction of sp³-hybridized carbons (Fsp3) is 0.560. The number of halogens is 2. The Hall–Kier alpha value is -3.45. The molecule has 2 bridgehead atoms. The maximum Gasteiger partial charge on any atom is 0.421 e. The SMILES string of the molecule is O=C1OC(c2nc(=O)n(CCCN3C4CCC3CC(OCc3ccccc3F)C4)c(=O)n2CCF)OC1=O. The number of aromatic nitrogens is 3. The highest BCUT2D eigenvalue weighted by Gasteiger charge is 2.41. The van der Waals surface area contributed by atoms with E-state index in [1.165, 1.54) is 6.07 Å².